The molecule has 0 amide bonds. The molecule has 0 atom stereocenters. The van der Waals surface area contributed by atoms with Crippen LogP contribution in [0, 0.1) is 0 Å². The third-order valence-electron chi connectivity index (χ3n) is 0.407. The average molecular weight is 371 g/mol. The van der Waals surface area contributed by atoms with Gasteiger partial charge in [0.15, 0.2) is 5.78 Å². The first-order chi connectivity index (χ1) is 4.86. The molecule has 0 saturated heterocycles. The number of hydrogen-bond donors (Lipinski definition) is 0. The largest absolute Gasteiger partial charge is 2.00 e. The van der Waals surface area contributed by atoms with Gasteiger partial charge in [0.25, 0.3) is 0 Å². The first-order valence-electron chi connectivity index (χ1n) is 2.89. The Balaban J connectivity index is -0.0000000600. The molecule has 0 bridgehead atoms. The minimum absolute atomic E-state index is 0. The zero-order valence-corrected chi connectivity index (χ0v) is 10.5. The van der Waals surface area contributed by atoms with Gasteiger partial charge in [0, 0.05) is 5.97 Å². The van der Waals surface area contributed by atoms with Crippen molar-refractivity contribution in [2.24, 2.45) is 0 Å². The molecule has 0 fully saturated rings. The van der Waals surface area contributed by atoms with Gasteiger partial charge in [-0.1, -0.05) is 6.92 Å². The van der Waals surface area contributed by atoms with Gasteiger partial charge in [-0.05, 0) is 19.9 Å². The molecule has 0 unspecified atom stereocenters. The Bertz CT molecular complexity index is 169. The van der Waals surface area contributed by atoms with Crippen molar-refractivity contribution in [3.8, 4) is 0 Å². The van der Waals surface area contributed by atoms with Crippen LogP contribution in [0.4, 0.5) is 0 Å². The summed E-state index contributed by atoms with van der Waals surface area (Å²) >= 11 is 0. The van der Waals surface area contributed by atoms with Crippen molar-refractivity contribution in [1.29, 1.82) is 0 Å². The van der Waals surface area contributed by atoms with Gasteiger partial charge in [-0.15, -0.1) is 5.76 Å². The van der Waals surface area contributed by atoms with E-state index < -0.39 is 5.97 Å². The van der Waals surface area contributed by atoms with Gasteiger partial charge in [-0.3, -0.25) is 4.79 Å². The van der Waals surface area contributed by atoms with Crippen LogP contribution in [0.25, 0.3) is 0 Å². The molecule has 0 aromatic heterocycles. The second-order valence-corrected chi connectivity index (χ2v) is 1.86. The quantitative estimate of drug-likeness (QED) is 0.323. The van der Waals surface area contributed by atoms with Crippen molar-refractivity contribution in [3.05, 3.63) is 11.8 Å². The van der Waals surface area contributed by atoms with Crippen LogP contribution in [-0.2, 0) is 50.4 Å². The number of carboxylic acids is 1. The maximum atomic E-state index is 9.98. The number of allylic oxidation sites excluding steroid dienone is 2. The van der Waals surface area contributed by atoms with Gasteiger partial charge >= 0.3 is 40.8 Å². The van der Waals surface area contributed by atoms with Crippen LogP contribution in [0.1, 0.15) is 20.8 Å². The number of hydrogen-bond acceptors (Lipinski definition) is 4. The summed E-state index contributed by atoms with van der Waals surface area (Å²) in [5.41, 5.74) is 0. The van der Waals surface area contributed by atoms with E-state index in [2.05, 4.69) is 0 Å². The Morgan fingerprint density at radius 3 is 1.23 bits per heavy atom. The summed E-state index contributed by atoms with van der Waals surface area (Å²) in [5.74, 6) is -1.46. The van der Waals surface area contributed by atoms with Gasteiger partial charge in [0.1, 0.15) is 0 Å². The van der Waals surface area contributed by atoms with Gasteiger partial charge in [0.05, 0.1) is 0 Å². The molecule has 0 saturated carbocycles. The molecule has 0 spiro atoms. The van der Waals surface area contributed by atoms with E-state index in [1.165, 1.54) is 13.8 Å². The predicted molar refractivity (Wildman–Crippen MR) is 35.1 cm³/mol. The van der Waals surface area contributed by atoms with Crippen LogP contribution in [-0.4, -0.2) is 11.8 Å². The second-order valence-electron chi connectivity index (χ2n) is 1.86. The molecule has 0 rings (SSSR count). The summed E-state index contributed by atoms with van der Waals surface area (Å²) in [5, 5.41) is 18.9. The van der Waals surface area contributed by atoms with E-state index in [1.54, 1.807) is 0 Å². The van der Waals surface area contributed by atoms with E-state index in [-0.39, 0.29) is 52.4 Å². The van der Waals surface area contributed by atoms with E-state index >= 15 is 0 Å². The van der Waals surface area contributed by atoms with Gasteiger partial charge < -0.3 is 15.0 Å². The number of carbonyl (C=O) groups is 2. The van der Waals surface area contributed by atoms with Crippen LogP contribution in [0.5, 0.6) is 0 Å². The van der Waals surface area contributed by atoms with Gasteiger partial charge in [0.2, 0.25) is 0 Å². The summed E-state index contributed by atoms with van der Waals surface area (Å²) in [6.07, 6.45) is 1.06. The first-order valence-corrected chi connectivity index (χ1v) is 2.89. The van der Waals surface area contributed by atoms with Crippen molar-refractivity contribution in [2.45, 2.75) is 20.8 Å². The standard InChI is InChI=1S/C5H8O2.C2H4O2.2Pd/c1-4(6)3-5(2)7;1-2(3)4;;/h3,6H,1-2H3;1H3,(H,3,4);;/q;;2*+2/p-2/b4-3-;;;. The molecular weight excluding hydrogens is 361 g/mol. The number of rotatable bonds is 1. The summed E-state index contributed by atoms with van der Waals surface area (Å²) in [4.78, 5) is 18.9. The maximum Gasteiger partial charge on any atom is 2.00 e. The summed E-state index contributed by atoms with van der Waals surface area (Å²) in [7, 11) is 0. The van der Waals surface area contributed by atoms with E-state index in [9.17, 15) is 9.90 Å². The molecule has 0 N–H and O–H groups in total. The number of carbonyl (C=O) groups excluding carboxylic acids is 2. The Kier molecular flexibility index (Phi) is 25.8. The minimum atomic E-state index is -1.08. The fraction of sp³-hybridized carbons (Fsp3) is 0.429. The van der Waals surface area contributed by atoms with Crippen LogP contribution >= 0.6 is 0 Å². The third kappa shape index (κ3) is 74.9. The molecule has 0 aliphatic rings. The van der Waals surface area contributed by atoms with E-state index in [0.717, 1.165) is 13.0 Å². The minimum Gasteiger partial charge on any atom is -0.876 e. The Morgan fingerprint density at radius 1 is 1.00 bits per heavy atom. The molecule has 4 nitrogen and oxygen atoms in total. The monoisotopic (exact) mass is 370 g/mol. The fourth-order valence-electron chi connectivity index (χ4n) is 0.286. The molecule has 0 radical (unpaired) electrons. The average Bonchev–Trinajstić information content (AvgIpc) is 1.56. The molecule has 0 aliphatic carbocycles. The molecule has 13 heavy (non-hydrogen) atoms. The van der Waals surface area contributed by atoms with Crippen LogP contribution in [0.2, 0.25) is 0 Å². The SMILES string of the molecule is CC(=O)/C=C(/C)[O-].CC(=O)[O-].[Pd+2].[Pd+2]. The molecule has 80 valence electrons. The van der Waals surface area contributed by atoms with Crippen molar-refractivity contribution < 1.29 is 60.6 Å². The summed E-state index contributed by atoms with van der Waals surface area (Å²) < 4.78 is 0. The maximum absolute atomic E-state index is 9.98. The van der Waals surface area contributed by atoms with E-state index in [4.69, 9.17) is 9.90 Å². The second kappa shape index (κ2) is 14.5. The van der Waals surface area contributed by atoms with Crippen LogP contribution < -0.4 is 10.2 Å². The number of carboxylic acid groups (broad SMARTS) is 1. The molecule has 0 heterocycles. The number of aliphatic carboxylic acids is 1. The summed E-state index contributed by atoms with van der Waals surface area (Å²) in [6, 6.07) is 0. The Hall–Kier alpha value is 0.00468. The third-order valence-corrected chi connectivity index (χ3v) is 0.407. The van der Waals surface area contributed by atoms with Crippen LogP contribution in [0.15, 0.2) is 11.8 Å². The summed E-state index contributed by atoms with van der Waals surface area (Å²) in [6.45, 7) is 3.67. The topological polar surface area (TPSA) is 80.3 Å². The van der Waals surface area contributed by atoms with Gasteiger partial charge in [-0.2, -0.15) is 0 Å². The Morgan fingerprint density at radius 2 is 1.23 bits per heavy atom. The molecule has 0 aliphatic heterocycles. The van der Waals surface area contributed by atoms with Crippen molar-refractivity contribution in [3.63, 3.8) is 0 Å². The Labute approximate surface area is 105 Å². The molecule has 6 heteroatoms. The van der Waals surface area contributed by atoms with Crippen molar-refractivity contribution in [2.75, 3.05) is 0 Å². The zero-order valence-electron chi connectivity index (χ0n) is 7.34. The fourth-order valence-corrected chi connectivity index (χ4v) is 0.286. The van der Waals surface area contributed by atoms with Crippen molar-refractivity contribution >= 4 is 11.8 Å². The van der Waals surface area contributed by atoms with E-state index in [0.29, 0.717) is 0 Å². The van der Waals surface area contributed by atoms with Crippen LogP contribution in [0.3, 0.4) is 0 Å². The smallest absolute Gasteiger partial charge is 0.876 e. The zero-order chi connectivity index (χ0) is 9.44. The van der Waals surface area contributed by atoms with E-state index in [1.807, 2.05) is 0 Å². The van der Waals surface area contributed by atoms with Crippen molar-refractivity contribution in [1.82, 2.24) is 0 Å². The van der Waals surface area contributed by atoms with Gasteiger partial charge in [-0.25, -0.2) is 0 Å². The first kappa shape index (κ1) is 23.1. The molecule has 0 aromatic carbocycles. The molecule has 0 aromatic rings. The molecular formula is C7H10O4Pd2+2. The predicted octanol–water partition coefficient (Wildman–Crippen LogP) is -1.41. The normalized spacial score (nSPS) is 8.08. The number of ketones is 1.